The lowest BCUT2D eigenvalue weighted by Crippen LogP contribution is -2.09. The van der Waals surface area contributed by atoms with Gasteiger partial charge in [-0.3, -0.25) is 4.79 Å². The van der Waals surface area contributed by atoms with Crippen LogP contribution in [0, 0.1) is 5.82 Å². The molecule has 0 aliphatic rings. The highest BCUT2D eigenvalue weighted by atomic mass is 19.1. The van der Waals surface area contributed by atoms with Crippen molar-refractivity contribution in [3.05, 3.63) is 77.7 Å². The number of nitrogens with one attached hydrogen (secondary N) is 1. The molecule has 0 fully saturated rings. The van der Waals surface area contributed by atoms with Crippen molar-refractivity contribution in [1.82, 2.24) is 5.32 Å². The number of rotatable bonds is 5. The van der Waals surface area contributed by atoms with E-state index in [-0.39, 0.29) is 11.6 Å². The Labute approximate surface area is 118 Å². The van der Waals surface area contributed by atoms with Crippen molar-refractivity contribution in [3.63, 3.8) is 0 Å². The van der Waals surface area contributed by atoms with Crippen LogP contribution in [0.15, 0.2) is 60.8 Å². The second-order valence-corrected chi connectivity index (χ2v) is 4.44. The topological polar surface area (TPSA) is 29.1 Å². The zero-order valence-corrected chi connectivity index (χ0v) is 11.3. The number of allylic oxidation sites excluding steroid dienone is 1. The quantitative estimate of drug-likeness (QED) is 0.845. The monoisotopic (exact) mass is 269 g/mol. The lowest BCUT2D eigenvalue weighted by Gasteiger charge is -2.07. The molecule has 0 radical (unpaired) electrons. The van der Waals surface area contributed by atoms with E-state index in [2.05, 4.69) is 5.32 Å². The van der Waals surface area contributed by atoms with Crippen molar-refractivity contribution < 1.29 is 9.18 Å². The molecule has 0 atom stereocenters. The average molecular weight is 269 g/mol. The number of ketones is 1. The first-order valence-corrected chi connectivity index (χ1v) is 6.41. The van der Waals surface area contributed by atoms with Crippen LogP contribution in [0.5, 0.6) is 0 Å². The van der Waals surface area contributed by atoms with Crippen molar-refractivity contribution in [2.45, 2.75) is 6.42 Å². The summed E-state index contributed by atoms with van der Waals surface area (Å²) in [6.07, 6.45) is 1.98. The van der Waals surface area contributed by atoms with E-state index in [0.717, 1.165) is 5.56 Å². The largest absolute Gasteiger partial charge is 0.393 e. The highest BCUT2D eigenvalue weighted by Gasteiger charge is 2.12. The van der Waals surface area contributed by atoms with Gasteiger partial charge in [0.15, 0.2) is 5.78 Å². The third-order valence-corrected chi connectivity index (χ3v) is 2.95. The summed E-state index contributed by atoms with van der Waals surface area (Å²) < 4.78 is 13.0. The third-order valence-electron chi connectivity index (χ3n) is 2.95. The Bertz CT molecular complexity index is 603. The van der Waals surface area contributed by atoms with Crippen LogP contribution < -0.4 is 5.32 Å². The minimum Gasteiger partial charge on any atom is -0.393 e. The van der Waals surface area contributed by atoms with Crippen LogP contribution in [0.3, 0.4) is 0 Å². The summed E-state index contributed by atoms with van der Waals surface area (Å²) in [6, 6.07) is 15.5. The lowest BCUT2D eigenvalue weighted by atomic mass is 9.98. The number of Topliss-reactive ketones (excluding diaryl/α,β-unsaturated/α-hetero) is 1. The molecular weight excluding hydrogens is 253 g/mol. The molecular formula is C17H16FNO. The predicted octanol–water partition coefficient (Wildman–Crippen LogP) is 3.20. The summed E-state index contributed by atoms with van der Waals surface area (Å²) in [5, 5.41) is 2.87. The first-order chi connectivity index (χ1) is 9.70. The third kappa shape index (κ3) is 3.54. The van der Waals surface area contributed by atoms with Gasteiger partial charge in [0.05, 0.1) is 0 Å². The number of carbonyl (C=O) groups is 1. The summed E-state index contributed by atoms with van der Waals surface area (Å²) in [6.45, 7) is 0. The lowest BCUT2D eigenvalue weighted by molar-refractivity contribution is -0.113. The Morgan fingerprint density at radius 1 is 1.10 bits per heavy atom. The van der Waals surface area contributed by atoms with E-state index in [1.54, 1.807) is 25.4 Å². The second kappa shape index (κ2) is 6.66. The number of halogens is 1. The van der Waals surface area contributed by atoms with Crippen LogP contribution >= 0.6 is 0 Å². The zero-order chi connectivity index (χ0) is 14.4. The number of benzene rings is 2. The summed E-state index contributed by atoms with van der Waals surface area (Å²) >= 11 is 0. The SMILES string of the molecule is CNC=C(C(=O)Cc1ccccc1)c1ccc(F)cc1. The Morgan fingerprint density at radius 2 is 1.75 bits per heavy atom. The average Bonchev–Trinajstić information content (AvgIpc) is 2.47. The molecule has 1 N–H and O–H groups in total. The minimum atomic E-state index is -0.312. The Kier molecular flexibility index (Phi) is 4.66. The molecule has 0 amide bonds. The molecule has 0 saturated carbocycles. The van der Waals surface area contributed by atoms with E-state index in [1.165, 1.54) is 12.1 Å². The molecule has 0 aromatic heterocycles. The summed E-state index contributed by atoms with van der Waals surface area (Å²) in [7, 11) is 1.74. The van der Waals surface area contributed by atoms with Crippen LogP contribution in [-0.4, -0.2) is 12.8 Å². The second-order valence-electron chi connectivity index (χ2n) is 4.44. The van der Waals surface area contributed by atoms with Crippen molar-refractivity contribution in [1.29, 1.82) is 0 Å². The van der Waals surface area contributed by atoms with Gasteiger partial charge in [-0.1, -0.05) is 42.5 Å². The van der Waals surface area contributed by atoms with E-state index in [9.17, 15) is 9.18 Å². The molecule has 0 bridgehead atoms. The molecule has 2 aromatic carbocycles. The fourth-order valence-corrected chi connectivity index (χ4v) is 1.98. The van der Waals surface area contributed by atoms with Gasteiger partial charge in [0, 0.05) is 25.2 Å². The van der Waals surface area contributed by atoms with Gasteiger partial charge in [-0.25, -0.2) is 4.39 Å². The van der Waals surface area contributed by atoms with Crippen LogP contribution in [0.25, 0.3) is 5.57 Å². The van der Waals surface area contributed by atoms with Crippen LogP contribution in [0.4, 0.5) is 4.39 Å². The summed E-state index contributed by atoms with van der Waals surface area (Å²) in [5.41, 5.74) is 2.22. The fourth-order valence-electron chi connectivity index (χ4n) is 1.98. The maximum absolute atomic E-state index is 13.0. The first kappa shape index (κ1) is 14.0. The molecule has 0 aliphatic carbocycles. The van der Waals surface area contributed by atoms with E-state index in [1.807, 2.05) is 30.3 Å². The van der Waals surface area contributed by atoms with Crippen molar-refractivity contribution >= 4 is 11.4 Å². The standard InChI is InChI=1S/C17H16FNO/c1-19-12-16(14-7-9-15(18)10-8-14)17(20)11-13-5-3-2-4-6-13/h2-10,12,19H,11H2,1H3. The van der Waals surface area contributed by atoms with Crippen molar-refractivity contribution in [2.75, 3.05) is 7.05 Å². The smallest absolute Gasteiger partial charge is 0.169 e. The number of carbonyl (C=O) groups excluding carboxylic acids is 1. The Morgan fingerprint density at radius 3 is 2.35 bits per heavy atom. The molecule has 3 heteroatoms. The zero-order valence-electron chi connectivity index (χ0n) is 11.3. The van der Waals surface area contributed by atoms with Gasteiger partial charge < -0.3 is 5.32 Å². The number of hydrogen-bond acceptors (Lipinski definition) is 2. The number of hydrogen-bond donors (Lipinski definition) is 1. The molecule has 20 heavy (non-hydrogen) atoms. The Balaban J connectivity index is 2.23. The molecule has 0 heterocycles. The van der Waals surface area contributed by atoms with Gasteiger partial charge >= 0.3 is 0 Å². The molecule has 102 valence electrons. The van der Waals surface area contributed by atoms with Crippen LogP contribution in [0.1, 0.15) is 11.1 Å². The van der Waals surface area contributed by atoms with Gasteiger partial charge in [-0.15, -0.1) is 0 Å². The van der Waals surface area contributed by atoms with Crippen molar-refractivity contribution in [2.24, 2.45) is 0 Å². The van der Waals surface area contributed by atoms with E-state index < -0.39 is 0 Å². The maximum Gasteiger partial charge on any atom is 0.169 e. The normalized spacial score (nSPS) is 11.2. The highest BCUT2D eigenvalue weighted by molar-refractivity contribution is 6.21. The maximum atomic E-state index is 13.0. The van der Waals surface area contributed by atoms with Gasteiger partial charge in [-0.2, -0.15) is 0 Å². The molecule has 2 rings (SSSR count). The minimum absolute atomic E-state index is 0.00263. The first-order valence-electron chi connectivity index (χ1n) is 6.41. The van der Waals surface area contributed by atoms with Crippen LogP contribution in [-0.2, 0) is 11.2 Å². The molecule has 2 aromatic rings. The highest BCUT2D eigenvalue weighted by Crippen LogP contribution is 2.17. The van der Waals surface area contributed by atoms with E-state index in [0.29, 0.717) is 17.6 Å². The van der Waals surface area contributed by atoms with E-state index >= 15 is 0 Å². The van der Waals surface area contributed by atoms with Crippen LogP contribution in [0.2, 0.25) is 0 Å². The van der Waals surface area contributed by atoms with Crippen molar-refractivity contribution in [3.8, 4) is 0 Å². The summed E-state index contributed by atoms with van der Waals surface area (Å²) in [5.74, 6) is -0.315. The van der Waals surface area contributed by atoms with Gasteiger partial charge in [0.1, 0.15) is 5.82 Å². The predicted molar refractivity (Wildman–Crippen MR) is 78.6 cm³/mol. The fraction of sp³-hybridized carbons (Fsp3) is 0.118. The summed E-state index contributed by atoms with van der Waals surface area (Å²) in [4.78, 5) is 12.4. The van der Waals surface area contributed by atoms with E-state index in [4.69, 9.17) is 0 Å². The molecule has 0 spiro atoms. The molecule has 0 unspecified atom stereocenters. The molecule has 0 saturated heterocycles. The Hall–Kier alpha value is -2.42. The molecule has 2 nitrogen and oxygen atoms in total. The van der Waals surface area contributed by atoms with Gasteiger partial charge in [0.25, 0.3) is 0 Å². The molecule has 0 aliphatic heterocycles. The van der Waals surface area contributed by atoms with Gasteiger partial charge in [0.2, 0.25) is 0 Å². The van der Waals surface area contributed by atoms with Gasteiger partial charge in [-0.05, 0) is 23.3 Å².